The van der Waals surface area contributed by atoms with Crippen LogP contribution in [0.3, 0.4) is 0 Å². The van der Waals surface area contributed by atoms with Crippen molar-refractivity contribution in [1.82, 2.24) is 9.80 Å². The quantitative estimate of drug-likeness (QED) is 0.748. The van der Waals surface area contributed by atoms with Crippen LogP contribution in [0.5, 0.6) is 5.75 Å². The van der Waals surface area contributed by atoms with E-state index in [1.807, 2.05) is 0 Å². The maximum Gasteiger partial charge on any atom is 0.573 e. The smallest absolute Gasteiger partial charge is 0.405 e. The number of benzene rings is 1. The van der Waals surface area contributed by atoms with Crippen molar-refractivity contribution in [2.24, 2.45) is 0 Å². The normalized spacial score (nSPS) is 23.4. The Hall–Kier alpha value is -2.32. The van der Waals surface area contributed by atoms with Crippen molar-refractivity contribution in [2.45, 2.75) is 44.3 Å². The van der Waals surface area contributed by atoms with Crippen LogP contribution < -0.4 is 4.74 Å². The van der Waals surface area contributed by atoms with Crippen molar-refractivity contribution in [3.8, 4) is 5.75 Å². The highest BCUT2D eigenvalue weighted by Crippen LogP contribution is 2.31. The largest absolute Gasteiger partial charge is 0.573 e. The number of ether oxygens (including phenoxy) is 1. The van der Waals surface area contributed by atoms with Gasteiger partial charge in [-0.3, -0.25) is 9.59 Å². The predicted octanol–water partition coefficient (Wildman–Crippen LogP) is 3.15. The van der Waals surface area contributed by atoms with Crippen LogP contribution in [0.4, 0.5) is 17.6 Å². The van der Waals surface area contributed by atoms with E-state index in [9.17, 15) is 27.2 Å². The Morgan fingerprint density at radius 3 is 2.41 bits per heavy atom. The van der Waals surface area contributed by atoms with E-state index in [1.54, 1.807) is 4.90 Å². The van der Waals surface area contributed by atoms with E-state index < -0.39 is 30.2 Å². The lowest BCUT2D eigenvalue weighted by Crippen LogP contribution is -2.49. The maximum atomic E-state index is 14.0. The summed E-state index contributed by atoms with van der Waals surface area (Å²) in [5, 5.41) is 0. The Bertz CT molecular complexity index is 704. The molecule has 0 N–H and O–H groups in total. The first-order valence-electron chi connectivity index (χ1n) is 8.85. The van der Waals surface area contributed by atoms with Gasteiger partial charge in [-0.05, 0) is 31.4 Å². The molecule has 0 radical (unpaired) electrons. The highest BCUT2D eigenvalue weighted by molar-refractivity contribution is 6.00. The molecule has 9 heteroatoms. The van der Waals surface area contributed by atoms with Gasteiger partial charge in [0.2, 0.25) is 5.91 Å². The number of piperidine rings is 1. The fourth-order valence-corrected chi connectivity index (χ4v) is 3.58. The highest BCUT2D eigenvalue weighted by atomic mass is 19.4. The monoisotopic (exact) mass is 388 g/mol. The first-order chi connectivity index (χ1) is 12.8. The molecular formula is C18H20F4N2O3. The Kier molecular flexibility index (Phi) is 5.57. The Balaban J connectivity index is 1.83. The first kappa shape index (κ1) is 19.4. The number of carbonyl (C=O) groups is 2. The van der Waals surface area contributed by atoms with Crippen LogP contribution in [0, 0.1) is 0 Å². The molecule has 2 aliphatic heterocycles. The lowest BCUT2D eigenvalue weighted by Gasteiger charge is -2.32. The number of hydrogen-bond acceptors (Lipinski definition) is 3. The lowest BCUT2D eigenvalue weighted by atomic mass is 10.1. The van der Waals surface area contributed by atoms with Gasteiger partial charge in [-0.2, -0.15) is 0 Å². The van der Waals surface area contributed by atoms with Crippen LogP contribution in [0.2, 0.25) is 0 Å². The molecule has 2 heterocycles. The molecule has 2 atom stereocenters. The molecule has 0 aliphatic carbocycles. The van der Waals surface area contributed by atoms with Crippen LogP contribution in [0.25, 0.3) is 0 Å². The number of alkyl halides is 4. The lowest BCUT2D eigenvalue weighted by molar-refractivity contribution is -0.274. The average Bonchev–Trinajstić information content (AvgIpc) is 3.02. The third kappa shape index (κ3) is 4.51. The van der Waals surface area contributed by atoms with Crippen molar-refractivity contribution in [3.63, 3.8) is 0 Å². The molecule has 148 valence electrons. The molecule has 1 aromatic carbocycles. The molecule has 2 amide bonds. The summed E-state index contributed by atoms with van der Waals surface area (Å²) < 4.78 is 55.8. The fourth-order valence-electron chi connectivity index (χ4n) is 3.58. The topological polar surface area (TPSA) is 49.9 Å². The zero-order valence-corrected chi connectivity index (χ0v) is 14.5. The molecule has 0 unspecified atom stereocenters. The van der Waals surface area contributed by atoms with E-state index in [2.05, 4.69) is 4.74 Å². The standard InChI is InChI=1S/C18H20F4N2O3/c19-12-10-14(17(26)23-8-4-1-5-9-23)24(11-12)16(25)13-6-2-3-7-15(13)27-18(20,21)22/h2-3,6-7,12,14H,1,4-5,8-11H2/t12-,14-/m0/s1. The van der Waals surface area contributed by atoms with Crippen molar-refractivity contribution in [2.75, 3.05) is 19.6 Å². The predicted molar refractivity (Wildman–Crippen MR) is 87.9 cm³/mol. The molecule has 3 rings (SSSR count). The zero-order chi connectivity index (χ0) is 19.6. The van der Waals surface area contributed by atoms with Gasteiger partial charge in [0.1, 0.15) is 18.0 Å². The van der Waals surface area contributed by atoms with Crippen LogP contribution in [0.1, 0.15) is 36.0 Å². The Morgan fingerprint density at radius 2 is 1.74 bits per heavy atom. The third-order valence-electron chi connectivity index (χ3n) is 4.81. The second-order valence-electron chi connectivity index (χ2n) is 6.74. The van der Waals surface area contributed by atoms with E-state index in [1.165, 1.54) is 18.2 Å². The first-order valence-corrected chi connectivity index (χ1v) is 8.85. The summed E-state index contributed by atoms with van der Waals surface area (Å²) in [7, 11) is 0. The van der Waals surface area contributed by atoms with Crippen LogP contribution in [-0.4, -0.2) is 59.8 Å². The van der Waals surface area contributed by atoms with Crippen molar-refractivity contribution in [3.05, 3.63) is 29.8 Å². The number of rotatable bonds is 3. The molecule has 1 aromatic rings. The fraction of sp³-hybridized carbons (Fsp3) is 0.556. The number of halogens is 4. The van der Waals surface area contributed by atoms with Gasteiger partial charge >= 0.3 is 6.36 Å². The molecule has 0 aromatic heterocycles. The summed E-state index contributed by atoms with van der Waals surface area (Å²) in [5.41, 5.74) is -0.347. The van der Waals surface area contributed by atoms with E-state index >= 15 is 0 Å². The summed E-state index contributed by atoms with van der Waals surface area (Å²) >= 11 is 0. The van der Waals surface area contributed by atoms with Gasteiger partial charge in [0.15, 0.2) is 0 Å². The minimum Gasteiger partial charge on any atom is -0.405 e. The van der Waals surface area contributed by atoms with E-state index in [0.29, 0.717) is 13.1 Å². The van der Waals surface area contributed by atoms with E-state index in [-0.39, 0.29) is 24.4 Å². The Labute approximate surface area is 153 Å². The average molecular weight is 388 g/mol. The molecule has 2 saturated heterocycles. The summed E-state index contributed by atoms with van der Waals surface area (Å²) in [5.74, 6) is -1.86. The minimum atomic E-state index is -4.97. The van der Waals surface area contributed by atoms with Gasteiger partial charge in [0, 0.05) is 19.5 Å². The number of hydrogen-bond donors (Lipinski definition) is 0. The second-order valence-corrected chi connectivity index (χ2v) is 6.74. The molecular weight excluding hydrogens is 368 g/mol. The van der Waals surface area contributed by atoms with Crippen LogP contribution in [-0.2, 0) is 4.79 Å². The van der Waals surface area contributed by atoms with Crippen LogP contribution >= 0.6 is 0 Å². The second kappa shape index (κ2) is 7.74. The van der Waals surface area contributed by atoms with Crippen molar-refractivity contribution in [1.29, 1.82) is 0 Å². The highest BCUT2D eigenvalue weighted by Gasteiger charge is 2.43. The summed E-state index contributed by atoms with van der Waals surface area (Å²) in [6.45, 7) is 0.758. The molecule has 2 fully saturated rings. The van der Waals surface area contributed by atoms with E-state index in [4.69, 9.17) is 0 Å². The number of likely N-dealkylation sites (tertiary alicyclic amines) is 2. The van der Waals surface area contributed by atoms with Gasteiger partial charge in [0.25, 0.3) is 5.91 Å². The van der Waals surface area contributed by atoms with Crippen LogP contribution in [0.15, 0.2) is 24.3 Å². The molecule has 2 aliphatic rings. The SMILES string of the molecule is O=C([C@@H]1C[C@H](F)CN1C(=O)c1ccccc1OC(F)(F)F)N1CCCCC1. The summed E-state index contributed by atoms with van der Waals surface area (Å²) in [6, 6.07) is 3.88. The van der Waals surface area contributed by atoms with Crippen molar-refractivity contribution < 1.29 is 31.9 Å². The third-order valence-corrected chi connectivity index (χ3v) is 4.81. The van der Waals surface area contributed by atoms with Gasteiger partial charge in [0.05, 0.1) is 12.1 Å². The number of para-hydroxylation sites is 1. The summed E-state index contributed by atoms with van der Waals surface area (Å²) in [4.78, 5) is 28.2. The molecule has 0 saturated carbocycles. The van der Waals surface area contributed by atoms with E-state index in [0.717, 1.165) is 30.2 Å². The zero-order valence-electron chi connectivity index (χ0n) is 14.5. The number of nitrogens with zero attached hydrogens (tertiary/aromatic N) is 2. The van der Waals surface area contributed by atoms with Gasteiger partial charge < -0.3 is 14.5 Å². The molecule has 27 heavy (non-hydrogen) atoms. The maximum absolute atomic E-state index is 14.0. The Morgan fingerprint density at radius 1 is 1.07 bits per heavy atom. The molecule has 5 nitrogen and oxygen atoms in total. The van der Waals surface area contributed by atoms with Gasteiger partial charge in [-0.1, -0.05) is 12.1 Å². The minimum absolute atomic E-state index is 0.149. The molecule has 0 spiro atoms. The molecule has 0 bridgehead atoms. The summed E-state index contributed by atoms with van der Waals surface area (Å²) in [6.07, 6.45) is -3.83. The van der Waals surface area contributed by atoms with Gasteiger partial charge in [-0.15, -0.1) is 13.2 Å². The van der Waals surface area contributed by atoms with Crippen molar-refractivity contribution >= 4 is 11.8 Å². The number of amides is 2. The number of carbonyl (C=O) groups excluding carboxylic acids is 2. The van der Waals surface area contributed by atoms with Gasteiger partial charge in [-0.25, -0.2) is 4.39 Å².